The van der Waals surface area contributed by atoms with Gasteiger partial charge in [-0.3, -0.25) is 25.1 Å². The number of nitriles is 1. The van der Waals surface area contributed by atoms with Gasteiger partial charge in [-0.2, -0.15) is 5.26 Å². The third-order valence-electron chi connectivity index (χ3n) is 14.5. The minimum Gasteiger partial charge on any atom is -0.493 e. The van der Waals surface area contributed by atoms with E-state index in [4.69, 9.17) is 25.8 Å². The van der Waals surface area contributed by atoms with Crippen LogP contribution in [0.15, 0.2) is 66.9 Å². The second-order valence-electron chi connectivity index (χ2n) is 19.8. The Morgan fingerprint density at radius 2 is 1.68 bits per heavy atom. The molecule has 4 aliphatic heterocycles. The number of nitrogens with one attached hydrogen (secondary N) is 4. The number of benzene rings is 3. The first-order valence-electron chi connectivity index (χ1n) is 23.3. The average Bonchev–Trinajstić information content (AvgIpc) is 3.80. The minimum absolute atomic E-state index is 0.0118. The number of sulfone groups is 1. The maximum atomic E-state index is 13.6. The molecule has 3 aromatic carbocycles. The SMILES string of the molecule is CCS(=O)(=O)Cc1ccc(Oc2cccc(OCCC3CCN(C4NCC(C(=O)NC5C(C)(C)C(Oc6ccc(C#N)c(Cl)c6)C5(C)C)CN4)CC3)c2)c(C2=CN(C)C(=O)C3NCCC23)c1. The van der Waals surface area contributed by atoms with Gasteiger partial charge in [-0.25, -0.2) is 8.42 Å². The number of piperidine rings is 1. The lowest BCUT2D eigenvalue weighted by Gasteiger charge is -2.63. The number of nitrogens with zero attached hydrogens (tertiary/aromatic N) is 3. The molecule has 0 bridgehead atoms. The molecule has 1 saturated carbocycles. The van der Waals surface area contributed by atoms with Gasteiger partial charge >= 0.3 is 0 Å². The molecule has 2 unspecified atom stereocenters. The van der Waals surface area contributed by atoms with Crippen molar-refractivity contribution in [2.75, 3.05) is 52.1 Å². The van der Waals surface area contributed by atoms with Crippen LogP contribution in [0.1, 0.15) is 77.0 Å². The number of likely N-dealkylation sites (N-methyl/N-ethyl adjacent to an activating group) is 1. The zero-order chi connectivity index (χ0) is 47.0. The fourth-order valence-corrected chi connectivity index (χ4v) is 12.1. The highest BCUT2D eigenvalue weighted by Gasteiger charge is 2.64. The Bertz CT molecular complexity index is 2460. The van der Waals surface area contributed by atoms with Crippen LogP contribution < -0.4 is 35.5 Å². The van der Waals surface area contributed by atoms with E-state index in [2.05, 4.69) is 59.9 Å². The highest BCUT2D eigenvalue weighted by Crippen LogP contribution is 2.55. The summed E-state index contributed by atoms with van der Waals surface area (Å²) in [6.45, 7) is 14.5. The van der Waals surface area contributed by atoms with Crippen LogP contribution in [0.25, 0.3) is 5.57 Å². The number of carbonyl (C=O) groups is 2. The second-order valence-corrected chi connectivity index (χ2v) is 22.6. The summed E-state index contributed by atoms with van der Waals surface area (Å²) in [5.74, 6) is 2.82. The lowest BCUT2D eigenvalue weighted by molar-refractivity contribution is -0.174. The quantitative estimate of drug-likeness (QED) is 0.134. The zero-order valence-corrected chi connectivity index (χ0v) is 40.4. The summed E-state index contributed by atoms with van der Waals surface area (Å²) < 4.78 is 44.4. The Morgan fingerprint density at radius 1 is 0.955 bits per heavy atom. The van der Waals surface area contributed by atoms with Crippen molar-refractivity contribution >= 4 is 38.8 Å². The van der Waals surface area contributed by atoms with E-state index in [-0.39, 0.29) is 70.5 Å². The van der Waals surface area contributed by atoms with Crippen molar-refractivity contribution < 1.29 is 32.2 Å². The molecule has 4 N–H and O–H groups in total. The molecule has 5 aliphatic rings. The first kappa shape index (κ1) is 47.8. The zero-order valence-electron chi connectivity index (χ0n) is 38.9. The molecule has 2 atom stereocenters. The van der Waals surface area contributed by atoms with Gasteiger partial charge in [-0.05, 0) is 85.7 Å². The number of likely N-dealkylation sites (tertiary alicyclic amines) is 1. The number of fused-ring (bicyclic) bond motifs is 1. The topological polar surface area (TPSA) is 174 Å². The van der Waals surface area contributed by atoms with Crippen molar-refractivity contribution in [2.45, 2.75) is 90.5 Å². The number of rotatable bonds is 15. The number of hydrogen-bond donors (Lipinski definition) is 4. The molecule has 0 radical (unpaired) electrons. The summed E-state index contributed by atoms with van der Waals surface area (Å²) in [4.78, 5) is 30.6. The summed E-state index contributed by atoms with van der Waals surface area (Å²) in [6, 6.07) is 19.9. The molecule has 3 saturated heterocycles. The van der Waals surface area contributed by atoms with E-state index >= 15 is 0 Å². The van der Waals surface area contributed by atoms with Crippen LogP contribution in [0.5, 0.6) is 23.0 Å². The van der Waals surface area contributed by atoms with E-state index in [0.717, 1.165) is 56.5 Å². The van der Waals surface area contributed by atoms with Crippen molar-refractivity contribution in [1.29, 1.82) is 5.26 Å². The molecule has 66 heavy (non-hydrogen) atoms. The van der Waals surface area contributed by atoms with Crippen molar-refractivity contribution in [3.05, 3.63) is 88.6 Å². The van der Waals surface area contributed by atoms with Crippen molar-refractivity contribution in [2.24, 2.45) is 28.6 Å². The van der Waals surface area contributed by atoms with Crippen molar-refractivity contribution in [3.8, 4) is 29.1 Å². The minimum atomic E-state index is -3.27. The summed E-state index contributed by atoms with van der Waals surface area (Å²) in [6.07, 6.45) is 5.53. The molecule has 1 aliphatic carbocycles. The van der Waals surface area contributed by atoms with Crippen LogP contribution >= 0.6 is 11.6 Å². The van der Waals surface area contributed by atoms with Crippen LogP contribution in [-0.4, -0.2) is 107 Å². The van der Waals surface area contributed by atoms with E-state index in [0.29, 0.717) is 64.8 Å². The van der Waals surface area contributed by atoms with Gasteiger partial charge in [-0.15, -0.1) is 0 Å². The highest BCUT2D eigenvalue weighted by atomic mass is 35.5. The third kappa shape index (κ3) is 10.1. The number of ether oxygens (including phenoxy) is 3. The molecule has 0 spiro atoms. The van der Waals surface area contributed by atoms with Gasteiger partial charge in [0.05, 0.1) is 34.9 Å². The predicted molar refractivity (Wildman–Crippen MR) is 255 cm³/mol. The Morgan fingerprint density at radius 3 is 2.38 bits per heavy atom. The largest absolute Gasteiger partial charge is 0.493 e. The standard InChI is InChI=1S/C50H64ClN7O7S/c1-7-66(61,62)30-32-11-14-42(39(23-32)40-29-57(6)45(60)43-38(40)15-19-53-43)64-36-10-8-9-35(24-36)63-22-18-31-16-20-58(21-17-31)48-54-27-34(28-55-48)44(59)56-46-49(2,3)47(50(46,4)5)65-37-13-12-33(26-52)41(51)25-37/h8-14,23-25,29,31,34,38,43,46-48,53-55H,7,15-22,27-28,30H2,1-6H3,(H,56,59). The maximum absolute atomic E-state index is 13.6. The molecule has 3 aromatic rings. The van der Waals surface area contributed by atoms with Crippen molar-refractivity contribution in [1.82, 2.24) is 31.1 Å². The number of amides is 2. The van der Waals surface area contributed by atoms with Crippen molar-refractivity contribution in [3.63, 3.8) is 0 Å². The van der Waals surface area contributed by atoms with Crippen LogP contribution in [-0.2, 0) is 25.2 Å². The Labute approximate surface area is 394 Å². The second kappa shape index (κ2) is 19.5. The summed E-state index contributed by atoms with van der Waals surface area (Å²) in [7, 11) is -1.51. The fraction of sp³-hybridized carbons (Fsp3) is 0.540. The Hall–Kier alpha value is -4.69. The van der Waals surface area contributed by atoms with Gasteiger partial charge in [0.2, 0.25) is 11.8 Å². The first-order valence-corrected chi connectivity index (χ1v) is 25.5. The lowest BCUT2D eigenvalue weighted by Crippen LogP contribution is -2.75. The van der Waals surface area contributed by atoms with E-state index in [1.807, 2.05) is 42.6 Å². The molecule has 2 amide bonds. The fourth-order valence-electron chi connectivity index (χ4n) is 11.0. The number of halogens is 1. The monoisotopic (exact) mass is 941 g/mol. The van der Waals surface area contributed by atoms with E-state index < -0.39 is 9.84 Å². The molecule has 16 heteroatoms. The number of carbonyl (C=O) groups excluding carboxylic acids is 2. The van der Waals surface area contributed by atoms with Gasteiger partial charge in [0, 0.05) is 85.7 Å². The number of hydrogen-bond acceptors (Lipinski definition) is 12. The first-order chi connectivity index (χ1) is 31.5. The van der Waals surface area contributed by atoms with Gasteiger partial charge in [0.1, 0.15) is 41.5 Å². The van der Waals surface area contributed by atoms with E-state index in [1.165, 1.54) is 0 Å². The van der Waals surface area contributed by atoms with Crippen LogP contribution in [0.4, 0.5) is 0 Å². The molecule has 14 nitrogen and oxygen atoms in total. The van der Waals surface area contributed by atoms with Crippen LogP contribution in [0.3, 0.4) is 0 Å². The Balaban J connectivity index is 0.795. The van der Waals surface area contributed by atoms with E-state index in [1.54, 1.807) is 43.1 Å². The van der Waals surface area contributed by atoms with E-state index in [9.17, 15) is 23.3 Å². The average molecular weight is 943 g/mol. The molecule has 0 aromatic heterocycles. The molecular weight excluding hydrogens is 878 g/mol. The molecule has 4 fully saturated rings. The van der Waals surface area contributed by atoms with Gasteiger partial charge in [0.25, 0.3) is 0 Å². The summed E-state index contributed by atoms with van der Waals surface area (Å²) in [5, 5.41) is 23.5. The van der Waals surface area contributed by atoms with Gasteiger partial charge in [-0.1, -0.05) is 58.4 Å². The van der Waals surface area contributed by atoms with Gasteiger partial charge < -0.3 is 29.7 Å². The third-order valence-corrected chi connectivity index (χ3v) is 16.5. The maximum Gasteiger partial charge on any atom is 0.244 e. The predicted octanol–water partition coefficient (Wildman–Crippen LogP) is 6.30. The summed E-state index contributed by atoms with van der Waals surface area (Å²) >= 11 is 6.27. The highest BCUT2D eigenvalue weighted by molar-refractivity contribution is 7.90. The Kier molecular flexibility index (Phi) is 14.1. The smallest absolute Gasteiger partial charge is 0.244 e. The normalized spacial score (nSPS) is 26.4. The van der Waals surface area contributed by atoms with Crippen LogP contribution in [0, 0.1) is 39.9 Å². The molecule has 4 heterocycles. The van der Waals surface area contributed by atoms with Gasteiger partial charge in [0.15, 0.2) is 9.84 Å². The summed E-state index contributed by atoms with van der Waals surface area (Å²) in [5.41, 5.74) is 2.15. The molecule has 8 rings (SSSR count). The lowest BCUT2D eigenvalue weighted by atomic mass is 9.49. The van der Waals surface area contributed by atoms with Crippen LogP contribution in [0.2, 0.25) is 5.02 Å². The molecule has 354 valence electrons. The molecular formula is C50H64ClN7O7S.